The van der Waals surface area contributed by atoms with Crippen molar-refractivity contribution < 1.29 is 0 Å². The number of nitrogens with zero attached hydrogens (tertiary/aromatic N) is 2. The van der Waals surface area contributed by atoms with Gasteiger partial charge in [-0.2, -0.15) is 0 Å². The highest BCUT2D eigenvalue weighted by Gasteiger charge is 2.29. The van der Waals surface area contributed by atoms with Crippen molar-refractivity contribution in [2.24, 2.45) is 5.92 Å². The largest absolute Gasteiger partial charge is 0.299 e. The van der Waals surface area contributed by atoms with Crippen molar-refractivity contribution in [1.29, 1.82) is 0 Å². The molecule has 14 heavy (non-hydrogen) atoms. The van der Waals surface area contributed by atoms with Crippen LogP contribution in [0.3, 0.4) is 0 Å². The number of hydrogen-bond acceptors (Lipinski definition) is 2. The highest BCUT2D eigenvalue weighted by Crippen LogP contribution is 2.34. The van der Waals surface area contributed by atoms with E-state index in [0.29, 0.717) is 6.04 Å². The van der Waals surface area contributed by atoms with E-state index in [9.17, 15) is 0 Å². The molecule has 2 rings (SSSR count). The summed E-state index contributed by atoms with van der Waals surface area (Å²) in [6, 6.07) is 4.81. The first kappa shape index (κ1) is 9.66. The molecule has 2 atom stereocenters. The molecule has 0 bridgehead atoms. The number of rotatable bonds is 2. The Hall–Kier alpha value is -0.890. The lowest BCUT2D eigenvalue weighted by atomic mass is 9.99. The van der Waals surface area contributed by atoms with E-state index in [1.807, 2.05) is 18.5 Å². The van der Waals surface area contributed by atoms with Gasteiger partial charge in [0.2, 0.25) is 0 Å². The summed E-state index contributed by atoms with van der Waals surface area (Å²) >= 11 is 0. The quantitative estimate of drug-likeness (QED) is 0.712. The van der Waals surface area contributed by atoms with E-state index >= 15 is 0 Å². The molecular weight excluding hydrogens is 172 g/mol. The lowest BCUT2D eigenvalue weighted by Gasteiger charge is -2.18. The Morgan fingerprint density at radius 2 is 2.43 bits per heavy atom. The normalized spacial score (nSPS) is 28.1. The third-order valence-corrected chi connectivity index (χ3v) is 3.28. The van der Waals surface area contributed by atoms with Gasteiger partial charge in [-0.1, -0.05) is 19.4 Å². The highest BCUT2D eigenvalue weighted by molar-refractivity contribution is 5.15. The molecule has 1 saturated heterocycles. The predicted molar refractivity (Wildman–Crippen MR) is 58.0 cm³/mol. The van der Waals surface area contributed by atoms with Crippen LogP contribution in [0.2, 0.25) is 0 Å². The van der Waals surface area contributed by atoms with Gasteiger partial charge in [0.05, 0.1) is 0 Å². The molecular formula is C12H18N2. The number of pyridine rings is 1. The van der Waals surface area contributed by atoms with Gasteiger partial charge in [-0.15, -0.1) is 0 Å². The topological polar surface area (TPSA) is 16.1 Å². The molecule has 1 fully saturated rings. The maximum Gasteiger partial charge on any atom is 0.0363 e. The van der Waals surface area contributed by atoms with E-state index in [-0.39, 0.29) is 0 Å². The second kappa shape index (κ2) is 4.09. The Kier molecular flexibility index (Phi) is 2.82. The minimum absolute atomic E-state index is 0.591. The monoisotopic (exact) mass is 190 g/mol. The van der Waals surface area contributed by atoms with Gasteiger partial charge in [-0.25, -0.2) is 0 Å². The average Bonchev–Trinajstić information content (AvgIpc) is 2.61. The SMILES string of the molecule is CC[C@H]1C[C@@H](c2cccnc2)N(C)C1. The number of likely N-dealkylation sites (tertiary alicyclic amines) is 1. The van der Waals surface area contributed by atoms with Crippen molar-refractivity contribution in [2.45, 2.75) is 25.8 Å². The van der Waals surface area contributed by atoms with Crippen molar-refractivity contribution in [3.05, 3.63) is 30.1 Å². The lowest BCUT2D eigenvalue weighted by molar-refractivity contribution is 0.312. The zero-order valence-electron chi connectivity index (χ0n) is 8.98. The fourth-order valence-electron chi connectivity index (χ4n) is 2.36. The van der Waals surface area contributed by atoms with E-state index in [0.717, 1.165) is 5.92 Å². The van der Waals surface area contributed by atoms with Gasteiger partial charge in [0.1, 0.15) is 0 Å². The van der Waals surface area contributed by atoms with E-state index < -0.39 is 0 Å². The van der Waals surface area contributed by atoms with Crippen LogP contribution in [0.5, 0.6) is 0 Å². The Balaban J connectivity index is 2.13. The number of hydrogen-bond donors (Lipinski definition) is 0. The lowest BCUT2D eigenvalue weighted by Crippen LogP contribution is -2.18. The minimum Gasteiger partial charge on any atom is -0.299 e. The van der Waals surface area contributed by atoms with Crippen LogP contribution in [0.1, 0.15) is 31.4 Å². The summed E-state index contributed by atoms with van der Waals surface area (Å²) in [6.45, 7) is 3.51. The van der Waals surface area contributed by atoms with Crippen molar-refractivity contribution >= 4 is 0 Å². The Morgan fingerprint density at radius 1 is 1.57 bits per heavy atom. The number of aromatic nitrogens is 1. The first-order chi connectivity index (χ1) is 6.81. The molecule has 1 aliphatic heterocycles. The van der Waals surface area contributed by atoms with Crippen molar-refractivity contribution in [3.63, 3.8) is 0 Å². The molecule has 1 aliphatic rings. The standard InChI is InChI=1S/C12H18N2/c1-3-10-7-12(14(2)9-10)11-5-4-6-13-8-11/h4-6,8,10,12H,3,7,9H2,1-2H3/t10-,12-/m0/s1. The van der Waals surface area contributed by atoms with Gasteiger partial charge in [-0.05, 0) is 31.0 Å². The molecule has 0 aromatic carbocycles. The summed E-state index contributed by atoms with van der Waals surface area (Å²) in [5.74, 6) is 0.866. The van der Waals surface area contributed by atoms with Crippen LogP contribution in [0.25, 0.3) is 0 Å². The van der Waals surface area contributed by atoms with Crippen LogP contribution in [0.4, 0.5) is 0 Å². The average molecular weight is 190 g/mol. The Morgan fingerprint density at radius 3 is 3.00 bits per heavy atom. The third-order valence-electron chi connectivity index (χ3n) is 3.28. The van der Waals surface area contributed by atoms with Crippen molar-refractivity contribution in [1.82, 2.24) is 9.88 Å². The van der Waals surface area contributed by atoms with Gasteiger partial charge in [0, 0.05) is 25.0 Å². The summed E-state index contributed by atoms with van der Waals surface area (Å²) in [5.41, 5.74) is 1.37. The maximum absolute atomic E-state index is 4.19. The first-order valence-electron chi connectivity index (χ1n) is 5.41. The second-order valence-corrected chi connectivity index (χ2v) is 4.25. The summed E-state index contributed by atoms with van der Waals surface area (Å²) in [4.78, 5) is 6.64. The van der Waals surface area contributed by atoms with Crippen LogP contribution in [0.15, 0.2) is 24.5 Å². The molecule has 0 unspecified atom stereocenters. The van der Waals surface area contributed by atoms with E-state index in [1.54, 1.807) is 0 Å². The van der Waals surface area contributed by atoms with Gasteiger partial charge < -0.3 is 0 Å². The molecule has 1 aromatic heterocycles. The minimum atomic E-state index is 0.591. The van der Waals surface area contributed by atoms with Crippen LogP contribution in [-0.2, 0) is 0 Å². The molecule has 2 heteroatoms. The molecule has 2 nitrogen and oxygen atoms in total. The molecule has 0 saturated carbocycles. The molecule has 76 valence electrons. The van der Waals surface area contributed by atoms with E-state index in [1.165, 1.54) is 24.9 Å². The second-order valence-electron chi connectivity index (χ2n) is 4.25. The highest BCUT2D eigenvalue weighted by atomic mass is 15.2. The van der Waals surface area contributed by atoms with E-state index in [4.69, 9.17) is 0 Å². The maximum atomic E-state index is 4.19. The van der Waals surface area contributed by atoms with Crippen LogP contribution in [0, 0.1) is 5.92 Å². The summed E-state index contributed by atoms with van der Waals surface area (Å²) in [7, 11) is 2.22. The van der Waals surface area contributed by atoms with Gasteiger partial charge >= 0.3 is 0 Å². The molecule has 2 heterocycles. The van der Waals surface area contributed by atoms with Gasteiger partial charge in [-0.3, -0.25) is 9.88 Å². The molecule has 1 aromatic rings. The first-order valence-corrected chi connectivity index (χ1v) is 5.41. The molecule has 0 spiro atoms. The predicted octanol–water partition coefficient (Wildman–Crippen LogP) is 2.48. The fraction of sp³-hybridized carbons (Fsp3) is 0.583. The van der Waals surface area contributed by atoms with E-state index in [2.05, 4.69) is 29.9 Å². The Bertz CT molecular complexity index is 284. The molecule has 0 radical (unpaired) electrons. The zero-order chi connectivity index (χ0) is 9.97. The zero-order valence-corrected chi connectivity index (χ0v) is 8.98. The van der Waals surface area contributed by atoms with Crippen LogP contribution >= 0.6 is 0 Å². The van der Waals surface area contributed by atoms with Crippen molar-refractivity contribution in [3.8, 4) is 0 Å². The van der Waals surface area contributed by atoms with Gasteiger partial charge in [0.25, 0.3) is 0 Å². The smallest absolute Gasteiger partial charge is 0.0363 e. The summed E-state index contributed by atoms with van der Waals surface area (Å²) < 4.78 is 0. The van der Waals surface area contributed by atoms with Crippen molar-refractivity contribution in [2.75, 3.05) is 13.6 Å². The summed E-state index contributed by atoms with van der Waals surface area (Å²) in [6.07, 6.45) is 6.43. The molecule has 0 N–H and O–H groups in total. The van der Waals surface area contributed by atoms with Crippen LogP contribution in [-0.4, -0.2) is 23.5 Å². The fourth-order valence-corrected chi connectivity index (χ4v) is 2.36. The molecule has 0 aliphatic carbocycles. The van der Waals surface area contributed by atoms with Crippen LogP contribution < -0.4 is 0 Å². The summed E-state index contributed by atoms with van der Waals surface area (Å²) in [5, 5.41) is 0. The third kappa shape index (κ3) is 1.80. The van der Waals surface area contributed by atoms with Gasteiger partial charge in [0.15, 0.2) is 0 Å². The molecule has 0 amide bonds. The Labute approximate surface area is 86.0 Å².